The maximum atomic E-state index is 12.8. The minimum atomic E-state index is -0.615. The Balaban J connectivity index is 1.71. The summed E-state index contributed by atoms with van der Waals surface area (Å²) in [6.45, 7) is 2.34. The van der Waals surface area contributed by atoms with E-state index in [0.717, 1.165) is 16.9 Å². The van der Waals surface area contributed by atoms with Gasteiger partial charge in [0.25, 0.3) is 5.91 Å². The highest BCUT2D eigenvalue weighted by Crippen LogP contribution is 2.13. The molecule has 0 fully saturated rings. The molecule has 0 saturated carbocycles. The molecule has 136 valence electrons. The van der Waals surface area contributed by atoms with Gasteiger partial charge in [0.2, 0.25) is 0 Å². The molecule has 0 spiro atoms. The minimum Gasteiger partial charge on any atom is -0.494 e. The van der Waals surface area contributed by atoms with E-state index in [4.69, 9.17) is 9.47 Å². The number of hydrogen-bond donors (Lipinski definition) is 1. The van der Waals surface area contributed by atoms with Crippen LogP contribution in [0.4, 0.5) is 4.39 Å². The average Bonchev–Trinajstić information content (AvgIpc) is 2.65. The van der Waals surface area contributed by atoms with Gasteiger partial charge in [0.1, 0.15) is 11.6 Å². The number of hydrogen-bond acceptors (Lipinski definition) is 4. The largest absolute Gasteiger partial charge is 0.494 e. The van der Waals surface area contributed by atoms with E-state index in [2.05, 4.69) is 5.32 Å². The van der Waals surface area contributed by atoms with Gasteiger partial charge < -0.3 is 14.8 Å². The molecule has 2 aromatic rings. The van der Waals surface area contributed by atoms with Gasteiger partial charge in [0.05, 0.1) is 6.61 Å². The Morgan fingerprint density at radius 3 is 2.42 bits per heavy atom. The van der Waals surface area contributed by atoms with Crippen LogP contribution in [0.25, 0.3) is 6.08 Å². The Kier molecular flexibility index (Phi) is 7.36. The van der Waals surface area contributed by atoms with Crippen LogP contribution in [0.15, 0.2) is 54.6 Å². The van der Waals surface area contributed by atoms with Crippen molar-refractivity contribution in [1.82, 2.24) is 5.32 Å². The molecule has 2 aromatic carbocycles. The third kappa shape index (κ3) is 6.76. The zero-order valence-electron chi connectivity index (χ0n) is 14.4. The van der Waals surface area contributed by atoms with Crippen LogP contribution in [0.5, 0.6) is 5.75 Å². The highest BCUT2D eigenvalue weighted by molar-refractivity contribution is 5.89. The summed E-state index contributed by atoms with van der Waals surface area (Å²) in [7, 11) is 0. The quantitative estimate of drug-likeness (QED) is 0.582. The molecule has 0 aliphatic carbocycles. The van der Waals surface area contributed by atoms with Crippen molar-refractivity contribution in [2.75, 3.05) is 13.2 Å². The molecule has 0 heterocycles. The van der Waals surface area contributed by atoms with Crippen LogP contribution < -0.4 is 10.1 Å². The minimum absolute atomic E-state index is 0.235. The van der Waals surface area contributed by atoms with Gasteiger partial charge >= 0.3 is 5.97 Å². The first-order valence-electron chi connectivity index (χ1n) is 8.15. The fourth-order valence-electron chi connectivity index (χ4n) is 2.04. The predicted octanol–water partition coefficient (Wildman–Crippen LogP) is 3.10. The lowest BCUT2D eigenvalue weighted by Crippen LogP contribution is -2.28. The number of benzene rings is 2. The number of esters is 1. The molecule has 0 saturated heterocycles. The van der Waals surface area contributed by atoms with Gasteiger partial charge in [-0.3, -0.25) is 4.79 Å². The van der Waals surface area contributed by atoms with Crippen molar-refractivity contribution < 1.29 is 23.5 Å². The topological polar surface area (TPSA) is 64.6 Å². The fraction of sp³-hybridized carbons (Fsp3) is 0.200. The van der Waals surface area contributed by atoms with Crippen LogP contribution >= 0.6 is 0 Å². The monoisotopic (exact) mass is 357 g/mol. The lowest BCUT2D eigenvalue weighted by atomic mass is 10.2. The van der Waals surface area contributed by atoms with Crippen molar-refractivity contribution in [3.8, 4) is 5.75 Å². The number of nitrogens with one attached hydrogen (secondary N) is 1. The maximum Gasteiger partial charge on any atom is 0.331 e. The summed E-state index contributed by atoms with van der Waals surface area (Å²) >= 11 is 0. The standard InChI is InChI=1S/C20H20FNO4/c1-2-25-18-10-5-15(6-11-18)7-12-20(24)26-14-19(23)22-13-16-3-8-17(21)9-4-16/h3-12H,2,13-14H2,1H3,(H,22,23)/b12-7+. The Morgan fingerprint density at radius 2 is 1.77 bits per heavy atom. The molecule has 1 amide bonds. The van der Waals surface area contributed by atoms with Crippen molar-refractivity contribution in [2.24, 2.45) is 0 Å². The molecule has 0 atom stereocenters. The van der Waals surface area contributed by atoms with E-state index in [1.54, 1.807) is 30.3 Å². The second kappa shape index (κ2) is 9.98. The van der Waals surface area contributed by atoms with Gasteiger partial charge in [-0.15, -0.1) is 0 Å². The lowest BCUT2D eigenvalue weighted by molar-refractivity contribution is -0.143. The van der Waals surface area contributed by atoms with Crippen LogP contribution in [-0.2, 0) is 20.9 Å². The SMILES string of the molecule is CCOc1ccc(/C=C/C(=O)OCC(=O)NCc2ccc(F)cc2)cc1. The van der Waals surface area contributed by atoms with Gasteiger partial charge in [-0.2, -0.15) is 0 Å². The highest BCUT2D eigenvalue weighted by atomic mass is 19.1. The first-order chi connectivity index (χ1) is 12.6. The smallest absolute Gasteiger partial charge is 0.331 e. The molecule has 0 aromatic heterocycles. The number of carbonyl (C=O) groups excluding carboxylic acids is 2. The summed E-state index contributed by atoms with van der Waals surface area (Å²) in [6, 6.07) is 13.0. The summed E-state index contributed by atoms with van der Waals surface area (Å²) < 4.78 is 23.0. The molecule has 1 N–H and O–H groups in total. The Labute approximate surface area is 151 Å². The van der Waals surface area contributed by atoms with Gasteiger partial charge in [-0.25, -0.2) is 9.18 Å². The van der Waals surface area contributed by atoms with Gasteiger partial charge in [0, 0.05) is 12.6 Å². The van der Waals surface area contributed by atoms with E-state index in [0.29, 0.717) is 6.61 Å². The van der Waals surface area contributed by atoms with E-state index in [1.807, 2.05) is 19.1 Å². The van der Waals surface area contributed by atoms with E-state index >= 15 is 0 Å². The number of ether oxygens (including phenoxy) is 2. The molecular weight excluding hydrogens is 337 g/mol. The van der Waals surface area contributed by atoms with Crippen LogP contribution in [0.3, 0.4) is 0 Å². The van der Waals surface area contributed by atoms with Crippen molar-refractivity contribution in [3.63, 3.8) is 0 Å². The normalized spacial score (nSPS) is 10.5. The number of halogens is 1. The number of carbonyl (C=O) groups is 2. The Hall–Kier alpha value is -3.15. The predicted molar refractivity (Wildman–Crippen MR) is 95.9 cm³/mol. The number of rotatable bonds is 8. The first-order valence-corrected chi connectivity index (χ1v) is 8.15. The zero-order chi connectivity index (χ0) is 18.8. The van der Waals surface area contributed by atoms with Crippen LogP contribution in [-0.4, -0.2) is 25.1 Å². The van der Waals surface area contributed by atoms with Gasteiger partial charge in [-0.1, -0.05) is 24.3 Å². The van der Waals surface area contributed by atoms with E-state index in [1.165, 1.54) is 18.2 Å². The Morgan fingerprint density at radius 1 is 1.08 bits per heavy atom. The lowest BCUT2D eigenvalue weighted by Gasteiger charge is -2.05. The van der Waals surface area contributed by atoms with Gasteiger partial charge in [-0.05, 0) is 48.4 Å². The molecule has 26 heavy (non-hydrogen) atoms. The maximum absolute atomic E-state index is 12.8. The van der Waals surface area contributed by atoms with E-state index in [9.17, 15) is 14.0 Å². The second-order valence-electron chi connectivity index (χ2n) is 5.35. The summed E-state index contributed by atoms with van der Waals surface area (Å²) in [4.78, 5) is 23.3. The molecule has 0 aliphatic heterocycles. The second-order valence-corrected chi connectivity index (χ2v) is 5.35. The van der Waals surface area contributed by atoms with Crippen LogP contribution in [0.2, 0.25) is 0 Å². The highest BCUT2D eigenvalue weighted by Gasteiger charge is 2.05. The number of amides is 1. The molecular formula is C20H20FNO4. The van der Waals surface area contributed by atoms with Crippen LogP contribution in [0, 0.1) is 5.82 Å². The molecule has 6 heteroatoms. The third-order valence-corrected chi connectivity index (χ3v) is 3.35. The molecule has 0 aliphatic rings. The molecule has 0 bridgehead atoms. The molecule has 0 unspecified atom stereocenters. The molecule has 2 rings (SSSR count). The average molecular weight is 357 g/mol. The summed E-state index contributed by atoms with van der Waals surface area (Å²) in [5.74, 6) is -0.633. The Bertz CT molecular complexity index is 754. The molecule has 0 radical (unpaired) electrons. The molecule has 5 nitrogen and oxygen atoms in total. The van der Waals surface area contributed by atoms with Crippen molar-refractivity contribution in [1.29, 1.82) is 0 Å². The zero-order valence-corrected chi connectivity index (χ0v) is 14.4. The third-order valence-electron chi connectivity index (χ3n) is 3.35. The van der Waals surface area contributed by atoms with Crippen molar-refractivity contribution >= 4 is 18.0 Å². The van der Waals surface area contributed by atoms with Gasteiger partial charge in [0.15, 0.2) is 6.61 Å². The van der Waals surface area contributed by atoms with E-state index < -0.39 is 11.9 Å². The van der Waals surface area contributed by atoms with Crippen molar-refractivity contribution in [2.45, 2.75) is 13.5 Å². The van der Waals surface area contributed by atoms with Crippen molar-refractivity contribution in [3.05, 3.63) is 71.6 Å². The summed E-state index contributed by atoms with van der Waals surface area (Å²) in [6.07, 6.45) is 2.84. The first kappa shape index (κ1) is 19.2. The summed E-state index contributed by atoms with van der Waals surface area (Å²) in [5.41, 5.74) is 1.56. The van der Waals surface area contributed by atoms with E-state index in [-0.39, 0.29) is 19.0 Å². The summed E-state index contributed by atoms with van der Waals surface area (Å²) in [5, 5.41) is 2.59. The van der Waals surface area contributed by atoms with Crippen LogP contribution in [0.1, 0.15) is 18.1 Å². The fourth-order valence-corrected chi connectivity index (χ4v) is 2.04.